The Balaban J connectivity index is 2.67. The zero-order chi connectivity index (χ0) is 13.8. The van der Waals surface area contributed by atoms with Gasteiger partial charge in [0.15, 0.2) is 5.17 Å². The van der Waals surface area contributed by atoms with Crippen LogP contribution in [0.25, 0.3) is 0 Å². The average molecular weight is 271 g/mol. The van der Waals surface area contributed by atoms with Gasteiger partial charge in [-0.25, -0.2) is 4.79 Å². The molecule has 0 bridgehead atoms. The van der Waals surface area contributed by atoms with E-state index in [0.29, 0.717) is 11.3 Å². The minimum absolute atomic E-state index is 0.0150. The molecule has 0 fully saturated rings. The number of benzene rings is 1. The number of ether oxygens (including phenoxy) is 1. The molecule has 1 rings (SSSR count). The zero-order valence-electron chi connectivity index (χ0n) is 10.4. The van der Waals surface area contributed by atoms with Crippen molar-refractivity contribution in [3.8, 4) is 0 Å². The van der Waals surface area contributed by atoms with E-state index in [0.717, 1.165) is 0 Å². The van der Waals surface area contributed by atoms with Gasteiger partial charge in [0, 0.05) is 11.3 Å². The number of nitrogens with zero attached hydrogens (tertiary/aromatic N) is 1. The summed E-state index contributed by atoms with van der Waals surface area (Å²) < 4.78 is 5.10. The summed E-state index contributed by atoms with van der Waals surface area (Å²) in [5.74, 6) is 0. The lowest BCUT2D eigenvalue weighted by Gasteiger charge is -2.19. The van der Waals surface area contributed by atoms with Gasteiger partial charge in [0.25, 0.3) is 0 Å². The minimum atomic E-state index is -0.545. The van der Waals surface area contributed by atoms with Crippen LogP contribution in [0.5, 0.6) is 0 Å². The van der Waals surface area contributed by atoms with Crippen molar-refractivity contribution in [1.29, 1.82) is 0 Å². The van der Waals surface area contributed by atoms with E-state index in [1.165, 1.54) is 0 Å². The number of carbonyl (C=O) groups excluding carboxylic acids is 1. The van der Waals surface area contributed by atoms with Gasteiger partial charge in [0.1, 0.15) is 5.60 Å². The average Bonchev–Trinajstić information content (AvgIpc) is 2.26. The topological polar surface area (TPSA) is 70.9 Å². The molecular weight excluding hydrogens is 256 g/mol. The van der Waals surface area contributed by atoms with Crippen LogP contribution >= 0.6 is 11.6 Å². The van der Waals surface area contributed by atoms with Crippen LogP contribution in [0.4, 0.5) is 10.5 Å². The van der Waals surface area contributed by atoms with Crippen molar-refractivity contribution in [3.63, 3.8) is 0 Å². The van der Waals surface area contributed by atoms with E-state index in [4.69, 9.17) is 21.5 Å². The molecule has 0 saturated heterocycles. The van der Waals surface area contributed by atoms with Crippen LogP contribution in [0, 0.1) is 0 Å². The molecule has 0 atom stereocenters. The molecule has 1 aromatic carbocycles. The van der Waals surface area contributed by atoms with Crippen LogP contribution in [-0.4, -0.2) is 22.1 Å². The Morgan fingerprint density at radius 2 is 1.89 bits per heavy atom. The Hall–Kier alpha value is -1.75. The molecule has 6 heteroatoms. The molecule has 0 spiro atoms. The maximum Gasteiger partial charge on any atom is 0.412 e. The van der Waals surface area contributed by atoms with Gasteiger partial charge in [0.05, 0.1) is 0 Å². The number of hydrogen-bond acceptors (Lipinski definition) is 4. The fraction of sp³-hybridized carbons (Fsp3) is 0.333. The highest BCUT2D eigenvalue weighted by Crippen LogP contribution is 2.14. The standard InChI is InChI=1S/C12H15ClN2O3/c1-12(2,3)18-11(16)14-9-6-4-8(5-7-9)10(13)15-17/h4-7,17H,1-3H3,(H,14,16)/b15-10+. The molecule has 0 unspecified atom stereocenters. The summed E-state index contributed by atoms with van der Waals surface area (Å²) in [6.45, 7) is 5.35. The Morgan fingerprint density at radius 1 is 1.33 bits per heavy atom. The Kier molecular flexibility index (Phi) is 4.55. The zero-order valence-corrected chi connectivity index (χ0v) is 11.2. The van der Waals surface area contributed by atoms with Crippen LogP contribution in [0.3, 0.4) is 0 Å². The third-order valence-corrected chi connectivity index (χ3v) is 2.15. The summed E-state index contributed by atoms with van der Waals surface area (Å²) in [6.07, 6.45) is -0.530. The lowest BCUT2D eigenvalue weighted by Crippen LogP contribution is -2.27. The number of hydrogen-bond donors (Lipinski definition) is 2. The van der Waals surface area contributed by atoms with Crippen LogP contribution in [-0.2, 0) is 4.74 Å². The molecule has 98 valence electrons. The molecule has 1 aromatic rings. The van der Waals surface area contributed by atoms with Crippen molar-refractivity contribution in [2.24, 2.45) is 5.16 Å². The first-order valence-electron chi connectivity index (χ1n) is 5.30. The van der Waals surface area contributed by atoms with Crippen molar-refractivity contribution in [2.75, 3.05) is 5.32 Å². The van der Waals surface area contributed by atoms with Gasteiger partial charge in [0.2, 0.25) is 0 Å². The van der Waals surface area contributed by atoms with Crippen molar-refractivity contribution >= 4 is 28.6 Å². The molecule has 0 saturated carbocycles. The minimum Gasteiger partial charge on any atom is -0.444 e. The number of carbonyl (C=O) groups is 1. The quantitative estimate of drug-likeness (QED) is 0.491. The highest BCUT2D eigenvalue weighted by molar-refractivity contribution is 6.69. The van der Waals surface area contributed by atoms with Crippen molar-refractivity contribution in [2.45, 2.75) is 26.4 Å². The van der Waals surface area contributed by atoms with Gasteiger partial charge < -0.3 is 9.94 Å². The first-order valence-corrected chi connectivity index (χ1v) is 5.67. The second-order valence-electron chi connectivity index (χ2n) is 4.60. The predicted molar refractivity (Wildman–Crippen MR) is 70.5 cm³/mol. The second kappa shape index (κ2) is 5.73. The number of amides is 1. The van der Waals surface area contributed by atoms with E-state index in [1.54, 1.807) is 45.0 Å². The number of halogens is 1. The van der Waals surface area contributed by atoms with Crippen molar-refractivity contribution in [1.82, 2.24) is 0 Å². The molecule has 0 aliphatic heterocycles. The van der Waals surface area contributed by atoms with E-state index in [2.05, 4.69) is 10.5 Å². The predicted octanol–water partition coefficient (Wildman–Crippen LogP) is 3.41. The van der Waals surface area contributed by atoms with Gasteiger partial charge in [-0.1, -0.05) is 16.8 Å². The molecule has 2 N–H and O–H groups in total. The van der Waals surface area contributed by atoms with Gasteiger partial charge >= 0.3 is 6.09 Å². The van der Waals surface area contributed by atoms with Crippen LogP contribution in [0.2, 0.25) is 0 Å². The fourth-order valence-corrected chi connectivity index (χ4v) is 1.30. The van der Waals surface area contributed by atoms with E-state index >= 15 is 0 Å². The highest BCUT2D eigenvalue weighted by Gasteiger charge is 2.16. The van der Waals surface area contributed by atoms with Crippen molar-refractivity contribution < 1.29 is 14.7 Å². The molecule has 1 amide bonds. The van der Waals surface area contributed by atoms with Gasteiger partial charge in [-0.15, -0.1) is 0 Å². The molecule has 0 aliphatic rings. The number of oxime groups is 1. The number of nitrogens with one attached hydrogen (secondary N) is 1. The summed E-state index contributed by atoms with van der Waals surface area (Å²) in [5, 5.41) is 13.9. The lowest BCUT2D eigenvalue weighted by atomic mass is 10.2. The van der Waals surface area contributed by atoms with Crippen LogP contribution < -0.4 is 5.32 Å². The fourth-order valence-electron chi connectivity index (χ4n) is 1.17. The Morgan fingerprint density at radius 3 is 2.33 bits per heavy atom. The maximum absolute atomic E-state index is 11.5. The van der Waals surface area contributed by atoms with E-state index in [-0.39, 0.29) is 5.17 Å². The smallest absolute Gasteiger partial charge is 0.412 e. The molecular formula is C12H15ClN2O3. The number of rotatable bonds is 2. The molecule has 18 heavy (non-hydrogen) atoms. The third kappa shape index (κ3) is 4.63. The molecule has 5 nitrogen and oxygen atoms in total. The summed E-state index contributed by atoms with van der Waals surface area (Å²) in [6, 6.07) is 6.50. The Labute approximate surface area is 110 Å². The largest absolute Gasteiger partial charge is 0.444 e. The van der Waals surface area contributed by atoms with Crippen LogP contribution in [0.1, 0.15) is 26.3 Å². The van der Waals surface area contributed by atoms with Gasteiger partial charge in [-0.05, 0) is 45.0 Å². The third-order valence-electron chi connectivity index (χ3n) is 1.86. The SMILES string of the molecule is CC(C)(C)OC(=O)Nc1ccc(/C(Cl)=N\O)cc1. The highest BCUT2D eigenvalue weighted by atomic mass is 35.5. The molecule has 0 aromatic heterocycles. The first-order chi connectivity index (χ1) is 8.31. The van der Waals surface area contributed by atoms with Gasteiger partial charge in [-0.3, -0.25) is 5.32 Å². The second-order valence-corrected chi connectivity index (χ2v) is 4.95. The van der Waals surface area contributed by atoms with E-state index in [9.17, 15) is 4.79 Å². The van der Waals surface area contributed by atoms with Crippen LogP contribution in [0.15, 0.2) is 29.4 Å². The monoisotopic (exact) mass is 270 g/mol. The Bertz CT molecular complexity index is 449. The summed E-state index contributed by atoms with van der Waals surface area (Å²) in [7, 11) is 0. The number of anilines is 1. The maximum atomic E-state index is 11.5. The first kappa shape index (κ1) is 14.3. The normalized spacial score (nSPS) is 12.1. The van der Waals surface area contributed by atoms with Crippen molar-refractivity contribution in [3.05, 3.63) is 29.8 Å². The van der Waals surface area contributed by atoms with E-state index < -0.39 is 11.7 Å². The molecule has 0 radical (unpaired) electrons. The summed E-state index contributed by atoms with van der Waals surface area (Å²) in [5.41, 5.74) is 0.570. The van der Waals surface area contributed by atoms with Gasteiger partial charge in [-0.2, -0.15) is 0 Å². The lowest BCUT2D eigenvalue weighted by molar-refractivity contribution is 0.0636. The van der Waals surface area contributed by atoms with E-state index in [1.807, 2.05) is 0 Å². The summed E-state index contributed by atoms with van der Waals surface area (Å²) in [4.78, 5) is 11.5. The molecule has 0 aliphatic carbocycles. The molecule has 0 heterocycles. The summed E-state index contributed by atoms with van der Waals surface area (Å²) >= 11 is 5.62.